The van der Waals surface area contributed by atoms with Crippen LogP contribution in [0, 0.1) is 11.2 Å². The third-order valence-electron chi connectivity index (χ3n) is 3.83. The number of ketones is 1. The van der Waals surface area contributed by atoms with Gasteiger partial charge in [0.05, 0.1) is 0 Å². The van der Waals surface area contributed by atoms with Gasteiger partial charge in [0, 0.05) is 17.9 Å². The molecule has 0 aliphatic heterocycles. The van der Waals surface area contributed by atoms with E-state index in [-0.39, 0.29) is 17.6 Å². The molecule has 0 amide bonds. The van der Waals surface area contributed by atoms with Gasteiger partial charge in [-0.3, -0.25) is 4.79 Å². The van der Waals surface area contributed by atoms with E-state index in [1.54, 1.807) is 12.1 Å². The highest BCUT2D eigenvalue weighted by Crippen LogP contribution is 2.25. The Morgan fingerprint density at radius 1 is 1.12 bits per heavy atom. The summed E-state index contributed by atoms with van der Waals surface area (Å²) in [5.41, 5.74) is 0.583. The summed E-state index contributed by atoms with van der Waals surface area (Å²) in [4.78, 5) is 30.5. The maximum atomic E-state index is 12.9. The lowest BCUT2D eigenvalue weighted by molar-refractivity contribution is -0.159. The van der Waals surface area contributed by atoms with Crippen LogP contribution in [0.15, 0.2) is 24.3 Å². The number of carboxylic acids is 2. The molecule has 0 fully saturated rings. The molecule has 0 saturated heterocycles. The molecule has 0 bridgehead atoms. The highest BCUT2D eigenvalue weighted by atomic mass is 19.1. The Kier molecular flexibility index (Phi) is 9.59. The van der Waals surface area contributed by atoms with Crippen molar-refractivity contribution in [1.82, 2.24) is 5.32 Å². The number of halogens is 1. The number of carboxylic acid groups (broad SMARTS) is 2. The molecule has 7 heteroatoms. The van der Waals surface area contributed by atoms with Crippen LogP contribution in [-0.2, 0) is 20.8 Å². The Balaban J connectivity index is 0.000000823. The van der Waals surface area contributed by atoms with E-state index in [9.17, 15) is 9.18 Å². The van der Waals surface area contributed by atoms with Crippen LogP contribution < -0.4 is 5.32 Å². The fourth-order valence-corrected chi connectivity index (χ4v) is 2.16. The maximum absolute atomic E-state index is 12.9. The summed E-state index contributed by atoms with van der Waals surface area (Å²) in [6.45, 7) is 5.99. The molecule has 0 aliphatic rings. The predicted octanol–water partition coefficient (Wildman–Crippen LogP) is 2.51. The molecular weight excluding hydrogens is 329 g/mol. The number of carbonyl (C=O) groups is 3. The van der Waals surface area contributed by atoms with Gasteiger partial charge in [-0.25, -0.2) is 14.0 Å². The monoisotopic (exact) mass is 355 g/mol. The Morgan fingerprint density at radius 2 is 1.60 bits per heavy atom. The van der Waals surface area contributed by atoms with E-state index in [2.05, 4.69) is 12.2 Å². The van der Waals surface area contributed by atoms with Gasteiger partial charge < -0.3 is 15.5 Å². The normalized spacial score (nSPS) is 11.9. The van der Waals surface area contributed by atoms with Gasteiger partial charge in [0.1, 0.15) is 11.6 Å². The molecule has 140 valence electrons. The summed E-state index contributed by atoms with van der Waals surface area (Å²) in [5, 5.41) is 17.9. The standard InChI is InChI=1S/C16H24FNO.C2H2O4/c1-5-14(18-4)10-15(19)16(2,3)11-12-6-8-13(17)9-7-12;3-1(4)2(5)6/h6-9,14,18H,5,10-11H2,1-4H3;(H,3,4)(H,5,6). The molecule has 6 nitrogen and oxygen atoms in total. The summed E-state index contributed by atoms with van der Waals surface area (Å²) >= 11 is 0. The zero-order valence-electron chi connectivity index (χ0n) is 15.0. The average Bonchev–Trinajstić information content (AvgIpc) is 2.54. The van der Waals surface area contributed by atoms with Crippen molar-refractivity contribution in [3.63, 3.8) is 0 Å². The molecule has 1 aromatic carbocycles. The zero-order chi connectivity index (χ0) is 19.6. The minimum Gasteiger partial charge on any atom is -0.473 e. The number of nitrogens with one attached hydrogen (secondary N) is 1. The van der Waals surface area contributed by atoms with Crippen molar-refractivity contribution in [2.45, 2.75) is 46.1 Å². The van der Waals surface area contributed by atoms with Crippen molar-refractivity contribution in [3.05, 3.63) is 35.6 Å². The zero-order valence-corrected chi connectivity index (χ0v) is 15.0. The molecule has 0 heterocycles. The Hall–Kier alpha value is -2.28. The molecule has 3 N–H and O–H groups in total. The summed E-state index contributed by atoms with van der Waals surface area (Å²) in [7, 11) is 1.88. The molecular formula is C18H26FNO5. The minimum atomic E-state index is -1.82. The average molecular weight is 355 g/mol. The highest BCUT2D eigenvalue weighted by Gasteiger charge is 2.28. The van der Waals surface area contributed by atoms with Gasteiger partial charge in [0.2, 0.25) is 0 Å². The number of hydrogen-bond acceptors (Lipinski definition) is 4. The fourth-order valence-electron chi connectivity index (χ4n) is 2.16. The van der Waals surface area contributed by atoms with Crippen molar-refractivity contribution in [1.29, 1.82) is 0 Å². The molecule has 0 spiro atoms. The topological polar surface area (TPSA) is 104 Å². The molecule has 1 unspecified atom stereocenters. The lowest BCUT2D eigenvalue weighted by Crippen LogP contribution is -2.34. The van der Waals surface area contributed by atoms with Crippen LogP contribution in [-0.4, -0.2) is 41.0 Å². The van der Waals surface area contributed by atoms with Gasteiger partial charge in [-0.05, 0) is 37.6 Å². The first-order chi connectivity index (χ1) is 11.5. The third-order valence-corrected chi connectivity index (χ3v) is 3.83. The van der Waals surface area contributed by atoms with Crippen LogP contribution in [0.25, 0.3) is 0 Å². The molecule has 25 heavy (non-hydrogen) atoms. The molecule has 0 radical (unpaired) electrons. The summed E-state index contributed by atoms with van der Waals surface area (Å²) in [5.74, 6) is -3.64. The molecule has 0 saturated carbocycles. The summed E-state index contributed by atoms with van der Waals surface area (Å²) < 4.78 is 12.9. The van der Waals surface area contributed by atoms with Crippen molar-refractivity contribution in [2.24, 2.45) is 5.41 Å². The van der Waals surface area contributed by atoms with Gasteiger partial charge in [-0.1, -0.05) is 32.9 Å². The number of aliphatic carboxylic acids is 2. The SMILES string of the molecule is CCC(CC(=O)C(C)(C)Cc1ccc(F)cc1)NC.O=C(O)C(=O)O. The van der Waals surface area contributed by atoms with Gasteiger partial charge in [0.25, 0.3) is 0 Å². The van der Waals surface area contributed by atoms with Crippen LogP contribution in [0.1, 0.15) is 39.2 Å². The maximum Gasteiger partial charge on any atom is 0.414 e. The van der Waals surface area contributed by atoms with Crippen LogP contribution >= 0.6 is 0 Å². The van der Waals surface area contributed by atoms with E-state index >= 15 is 0 Å². The minimum absolute atomic E-state index is 0.236. The largest absolute Gasteiger partial charge is 0.473 e. The van der Waals surface area contributed by atoms with Gasteiger partial charge in [-0.15, -0.1) is 0 Å². The molecule has 1 atom stereocenters. The van der Waals surface area contributed by atoms with Crippen LogP contribution in [0.2, 0.25) is 0 Å². The second-order valence-electron chi connectivity index (χ2n) is 6.32. The number of rotatable bonds is 7. The lowest BCUT2D eigenvalue weighted by Gasteiger charge is -2.25. The van der Waals surface area contributed by atoms with Crippen LogP contribution in [0.4, 0.5) is 4.39 Å². The van der Waals surface area contributed by atoms with Gasteiger partial charge >= 0.3 is 11.9 Å². The Labute approximate surface area is 147 Å². The Morgan fingerprint density at radius 3 is 1.96 bits per heavy atom. The van der Waals surface area contributed by atoms with E-state index in [0.29, 0.717) is 12.8 Å². The van der Waals surface area contributed by atoms with Crippen molar-refractivity contribution >= 4 is 17.7 Å². The lowest BCUT2D eigenvalue weighted by atomic mass is 9.79. The first-order valence-corrected chi connectivity index (χ1v) is 7.94. The quantitative estimate of drug-likeness (QED) is 0.649. The Bertz CT molecular complexity index is 568. The molecule has 1 aromatic rings. The predicted molar refractivity (Wildman–Crippen MR) is 91.9 cm³/mol. The second-order valence-corrected chi connectivity index (χ2v) is 6.32. The summed E-state index contributed by atoms with van der Waals surface area (Å²) in [6, 6.07) is 6.62. The number of benzene rings is 1. The number of Topliss-reactive ketones (excluding diaryl/α,β-unsaturated/α-hetero) is 1. The molecule has 1 rings (SSSR count). The first kappa shape index (κ1) is 22.7. The van der Waals surface area contributed by atoms with E-state index < -0.39 is 17.4 Å². The van der Waals surface area contributed by atoms with Crippen molar-refractivity contribution < 1.29 is 29.0 Å². The van der Waals surface area contributed by atoms with Crippen molar-refractivity contribution in [2.75, 3.05) is 7.05 Å². The first-order valence-electron chi connectivity index (χ1n) is 7.94. The number of carbonyl (C=O) groups excluding carboxylic acids is 1. The highest BCUT2D eigenvalue weighted by molar-refractivity contribution is 6.27. The van der Waals surface area contributed by atoms with Crippen LogP contribution in [0.5, 0.6) is 0 Å². The fraction of sp³-hybridized carbons (Fsp3) is 0.500. The van der Waals surface area contributed by atoms with E-state index in [1.807, 2.05) is 20.9 Å². The summed E-state index contributed by atoms with van der Waals surface area (Å²) in [6.07, 6.45) is 2.13. The van der Waals surface area contributed by atoms with Crippen LogP contribution in [0.3, 0.4) is 0 Å². The number of hydrogen-bond donors (Lipinski definition) is 3. The smallest absolute Gasteiger partial charge is 0.414 e. The molecule has 0 aliphatic carbocycles. The van der Waals surface area contributed by atoms with Crippen molar-refractivity contribution in [3.8, 4) is 0 Å². The van der Waals surface area contributed by atoms with E-state index in [4.69, 9.17) is 19.8 Å². The van der Waals surface area contributed by atoms with E-state index in [1.165, 1.54) is 12.1 Å². The third kappa shape index (κ3) is 8.95. The second kappa shape index (κ2) is 10.6. The van der Waals surface area contributed by atoms with E-state index in [0.717, 1.165) is 12.0 Å². The molecule has 0 aromatic heterocycles. The van der Waals surface area contributed by atoms with Gasteiger partial charge in [-0.2, -0.15) is 0 Å². The van der Waals surface area contributed by atoms with Gasteiger partial charge in [0.15, 0.2) is 0 Å².